The second kappa shape index (κ2) is 6.58. The molecule has 1 saturated carbocycles. The number of hydrogen-bond donors (Lipinski definition) is 1. The molecule has 2 atom stereocenters. The Hall–Kier alpha value is -1.31. The number of rotatable bonds is 4. The lowest BCUT2D eigenvalue weighted by Crippen LogP contribution is -2.41. The normalized spacial score (nSPS) is 23.6. The maximum Gasteiger partial charge on any atom is 0.220 e. The number of carbonyl (C=O) groups excluding carboxylic acids is 1. The van der Waals surface area contributed by atoms with Crippen LogP contribution in [0.1, 0.15) is 44.6 Å². The summed E-state index contributed by atoms with van der Waals surface area (Å²) in [6.45, 7) is 2.25. The van der Waals surface area contributed by atoms with E-state index in [0.29, 0.717) is 18.4 Å². The molecule has 0 spiro atoms. The second-order valence-electron chi connectivity index (χ2n) is 5.42. The van der Waals surface area contributed by atoms with Crippen molar-refractivity contribution in [3.63, 3.8) is 0 Å². The summed E-state index contributed by atoms with van der Waals surface area (Å²) in [6, 6.07) is 10.6. The number of carbonyl (C=O) groups is 1. The zero-order valence-corrected chi connectivity index (χ0v) is 11.2. The first-order chi connectivity index (χ1) is 8.75. The van der Waals surface area contributed by atoms with Gasteiger partial charge in [-0.25, -0.2) is 0 Å². The van der Waals surface area contributed by atoms with Gasteiger partial charge in [-0.05, 0) is 30.7 Å². The lowest BCUT2D eigenvalue weighted by atomic mass is 9.86. The smallest absolute Gasteiger partial charge is 0.220 e. The molecule has 0 aliphatic heterocycles. The van der Waals surface area contributed by atoms with Gasteiger partial charge in [-0.15, -0.1) is 0 Å². The SMILES string of the molecule is CC1CCCCC1NC(=O)CCc1ccccc1. The number of benzene rings is 1. The Labute approximate surface area is 110 Å². The molecule has 0 bridgehead atoms. The molecule has 98 valence electrons. The Balaban J connectivity index is 1.75. The van der Waals surface area contributed by atoms with E-state index < -0.39 is 0 Å². The number of hydrogen-bond acceptors (Lipinski definition) is 1. The maximum atomic E-state index is 11.9. The monoisotopic (exact) mass is 245 g/mol. The third-order valence-corrected chi connectivity index (χ3v) is 3.94. The highest BCUT2D eigenvalue weighted by Crippen LogP contribution is 2.23. The minimum absolute atomic E-state index is 0.206. The molecular formula is C16H23NO. The number of amides is 1. The average molecular weight is 245 g/mol. The third-order valence-electron chi connectivity index (χ3n) is 3.94. The van der Waals surface area contributed by atoms with Crippen LogP contribution in [0.4, 0.5) is 0 Å². The maximum absolute atomic E-state index is 11.9. The van der Waals surface area contributed by atoms with Crippen molar-refractivity contribution in [2.75, 3.05) is 0 Å². The predicted molar refractivity (Wildman–Crippen MR) is 74.3 cm³/mol. The molecule has 1 aromatic carbocycles. The molecule has 1 aromatic rings. The van der Waals surface area contributed by atoms with Crippen LogP contribution in [0, 0.1) is 5.92 Å². The summed E-state index contributed by atoms with van der Waals surface area (Å²) in [6.07, 6.45) is 6.43. The fourth-order valence-electron chi connectivity index (χ4n) is 2.71. The minimum atomic E-state index is 0.206. The van der Waals surface area contributed by atoms with Crippen molar-refractivity contribution in [3.05, 3.63) is 35.9 Å². The molecule has 0 aromatic heterocycles. The van der Waals surface area contributed by atoms with Gasteiger partial charge < -0.3 is 5.32 Å². The average Bonchev–Trinajstić information content (AvgIpc) is 2.40. The van der Waals surface area contributed by atoms with Crippen LogP contribution < -0.4 is 5.32 Å². The Kier molecular flexibility index (Phi) is 4.80. The van der Waals surface area contributed by atoms with Gasteiger partial charge in [0.15, 0.2) is 0 Å². The molecule has 0 saturated heterocycles. The fraction of sp³-hybridized carbons (Fsp3) is 0.562. The zero-order valence-electron chi connectivity index (χ0n) is 11.2. The van der Waals surface area contributed by atoms with Crippen LogP contribution in [-0.2, 0) is 11.2 Å². The lowest BCUT2D eigenvalue weighted by molar-refractivity contribution is -0.122. The molecule has 2 nitrogen and oxygen atoms in total. The fourth-order valence-corrected chi connectivity index (χ4v) is 2.71. The van der Waals surface area contributed by atoms with E-state index >= 15 is 0 Å². The summed E-state index contributed by atoms with van der Waals surface area (Å²) in [7, 11) is 0. The molecule has 0 radical (unpaired) electrons. The Morgan fingerprint density at radius 2 is 1.94 bits per heavy atom. The highest BCUT2D eigenvalue weighted by atomic mass is 16.1. The number of aryl methyl sites for hydroxylation is 1. The predicted octanol–water partition coefficient (Wildman–Crippen LogP) is 3.31. The molecule has 2 unspecified atom stereocenters. The largest absolute Gasteiger partial charge is 0.353 e. The van der Waals surface area contributed by atoms with E-state index in [9.17, 15) is 4.79 Å². The molecule has 1 aliphatic rings. The van der Waals surface area contributed by atoms with Gasteiger partial charge in [-0.2, -0.15) is 0 Å². The number of nitrogens with one attached hydrogen (secondary N) is 1. The van der Waals surface area contributed by atoms with Gasteiger partial charge in [0.2, 0.25) is 5.91 Å². The van der Waals surface area contributed by atoms with Gasteiger partial charge in [-0.3, -0.25) is 4.79 Å². The highest BCUT2D eigenvalue weighted by Gasteiger charge is 2.22. The topological polar surface area (TPSA) is 29.1 Å². The first kappa shape index (κ1) is 13.1. The van der Waals surface area contributed by atoms with Gasteiger partial charge >= 0.3 is 0 Å². The van der Waals surface area contributed by atoms with E-state index in [0.717, 1.165) is 12.8 Å². The van der Waals surface area contributed by atoms with Crippen molar-refractivity contribution in [1.29, 1.82) is 0 Å². The van der Waals surface area contributed by atoms with E-state index in [4.69, 9.17) is 0 Å². The van der Waals surface area contributed by atoms with Gasteiger partial charge in [-0.1, -0.05) is 50.1 Å². The van der Waals surface area contributed by atoms with Crippen LogP contribution in [0.25, 0.3) is 0 Å². The Morgan fingerprint density at radius 3 is 2.67 bits per heavy atom. The summed E-state index contributed by atoms with van der Waals surface area (Å²) < 4.78 is 0. The minimum Gasteiger partial charge on any atom is -0.353 e. The van der Waals surface area contributed by atoms with Crippen LogP contribution >= 0.6 is 0 Å². The van der Waals surface area contributed by atoms with Crippen molar-refractivity contribution in [2.24, 2.45) is 5.92 Å². The van der Waals surface area contributed by atoms with Gasteiger partial charge in [0.05, 0.1) is 0 Å². The van der Waals surface area contributed by atoms with Crippen molar-refractivity contribution in [3.8, 4) is 0 Å². The molecule has 2 rings (SSSR count). The second-order valence-corrected chi connectivity index (χ2v) is 5.42. The molecule has 0 heterocycles. The van der Waals surface area contributed by atoms with E-state index in [-0.39, 0.29) is 5.91 Å². The summed E-state index contributed by atoms with van der Waals surface area (Å²) in [5, 5.41) is 3.20. The van der Waals surface area contributed by atoms with Gasteiger partial charge in [0.1, 0.15) is 0 Å². The van der Waals surface area contributed by atoms with Crippen molar-refractivity contribution in [2.45, 2.75) is 51.5 Å². The molecule has 18 heavy (non-hydrogen) atoms. The van der Waals surface area contributed by atoms with Crippen LogP contribution in [0.3, 0.4) is 0 Å². The molecule has 1 amide bonds. The van der Waals surface area contributed by atoms with E-state index in [1.54, 1.807) is 0 Å². The summed E-state index contributed by atoms with van der Waals surface area (Å²) in [5.74, 6) is 0.844. The highest BCUT2D eigenvalue weighted by molar-refractivity contribution is 5.76. The molecule has 1 aliphatic carbocycles. The van der Waals surface area contributed by atoms with E-state index in [1.165, 1.54) is 24.8 Å². The summed E-state index contributed by atoms with van der Waals surface area (Å²) in [4.78, 5) is 11.9. The van der Waals surface area contributed by atoms with Crippen LogP contribution in [-0.4, -0.2) is 11.9 Å². The quantitative estimate of drug-likeness (QED) is 0.866. The van der Waals surface area contributed by atoms with E-state index in [1.807, 2.05) is 18.2 Å². The van der Waals surface area contributed by atoms with Gasteiger partial charge in [0.25, 0.3) is 0 Å². The third kappa shape index (κ3) is 3.86. The summed E-state index contributed by atoms with van der Waals surface area (Å²) in [5.41, 5.74) is 1.24. The van der Waals surface area contributed by atoms with Crippen LogP contribution in [0.2, 0.25) is 0 Å². The molecular weight excluding hydrogens is 222 g/mol. The summed E-state index contributed by atoms with van der Waals surface area (Å²) >= 11 is 0. The Morgan fingerprint density at radius 1 is 1.22 bits per heavy atom. The van der Waals surface area contributed by atoms with E-state index in [2.05, 4.69) is 24.4 Å². The molecule has 1 fully saturated rings. The van der Waals surface area contributed by atoms with Crippen molar-refractivity contribution in [1.82, 2.24) is 5.32 Å². The van der Waals surface area contributed by atoms with Crippen molar-refractivity contribution < 1.29 is 4.79 Å². The first-order valence-corrected chi connectivity index (χ1v) is 7.09. The van der Waals surface area contributed by atoms with Crippen LogP contribution in [0.15, 0.2) is 30.3 Å². The zero-order chi connectivity index (χ0) is 12.8. The lowest BCUT2D eigenvalue weighted by Gasteiger charge is -2.29. The first-order valence-electron chi connectivity index (χ1n) is 7.09. The van der Waals surface area contributed by atoms with Crippen molar-refractivity contribution >= 4 is 5.91 Å². The molecule has 1 N–H and O–H groups in total. The Bertz CT molecular complexity index is 374. The molecule has 2 heteroatoms. The van der Waals surface area contributed by atoms with Crippen LogP contribution in [0.5, 0.6) is 0 Å². The van der Waals surface area contributed by atoms with Gasteiger partial charge in [0, 0.05) is 12.5 Å². The standard InChI is InChI=1S/C16H23NO/c1-13-7-5-6-10-15(13)17-16(18)12-11-14-8-3-2-4-9-14/h2-4,8-9,13,15H,5-7,10-12H2,1H3,(H,17,18).